The molecule has 22 heavy (non-hydrogen) atoms. The Labute approximate surface area is 140 Å². The average Bonchev–Trinajstić information content (AvgIpc) is 2.89. The lowest BCUT2D eigenvalue weighted by atomic mass is 10.1. The highest BCUT2D eigenvalue weighted by Gasteiger charge is 2.23. The lowest BCUT2D eigenvalue weighted by Gasteiger charge is -2.20. The number of aromatic nitrogens is 1. The van der Waals surface area contributed by atoms with Crippen LogP contribution < -0.4 is 5.32 Å². The minimum absolute atomic E-state index is 0.0480. The van der Waals surface area contributed by atoms with Crippen LogP contribution in [0.3, 0.4) is 0 Å². The predicted molar refractivity (Wildman–Crippen MR) is 96.8 cm³/mol. The van der Waals surface area contributed by atoms with E-state index in [2.05, 4.69) is 35.2 Å². The molecule has 0 saturated heterocycles. The third kappa shape index (κ3) is 4.02. The Morgan fingerprint density at radius 1 is 1.50 bits per heavy atom. The number of hydrogen-bond acceptors (Lipinski definition) is 3. The van der Waals surface area contributed by atoms with Gasteiger partial charge in [0.1, 0.15) is 0 Å². The van der Waals surface area contributed by atoms with E-state index >= 15 is 0 Å². The average molecular weight is 342 g/mol. The van der Waals surface area contributed by atoms with Gasteiger partial charge in [0.05, 0.1) is 15.8 Å². The summed E-state index contributed by atoms with van der Waals surface area (Å²) >= 11 is 6.31. The van der Waals surface area contributed by atoms with Crippen LogP contribution >= 0.6 is 22.5 Å². The summed E-state index contributed by atoms with van der Waals surface area (Å²) in [5.74, 6) is 1.61. The topological polar surface area (TPSA) is 54.4 Å². The molecule has 0 fully saturated rings. The summed E-state index contributed by atoms with van der Waals surface area (Å²) in [6.45, 7) is 9.09. The van der Waals surface area contributed by atoms with Crippen molar-refractivity contribution in [2.75, 3.05) is 17.6 Å². The first kappa shape index (κ1) is 17.3. The zero-order valence-corrected chi connectivity index (χ0v) is 15.3. The van der Waals surface area contributed by atoms with Crippen LogP contribution in [0.5, 0.6) is 0 Å². The summed E-state index contributed by atoms with van der Waals surface area (Å²) in [5, 5.41) is 5.54. The number of carbonyl (C=O) groups excluding carboxylic acids is 1. The molecule has 1 aliphatic rings. The molecule has 1 unspecified atom stereocenters. The lowest BCUT2D eigenvalue weighted by Crippen LogP contribution is -2.12. The molecule has 1 amide bonds. The molecule has 0 bridgehead atoms. The van der Waals surface area contributed by atoms with Gasteiger partial charge < -0.3 is 5.32 Å². The van der Waals surface area contributed by atoms with Crippen molar-refractivity contribution in [3.8, 4) is 0 Å². The number of pyridine rings is 1. The van der Waals surface area contributed by atoms with Crippen molar-refractivity contribution >= 4 is 39.1 Å². The van der Waals surface area contributed by atoms with E-state index in [1.54, 1.807) is 0 Å². The van der Waals surface area contributed by atoms with Gasteiger partial charge >= 0.3 is 0 Å². The minimum atomic E-state index is -0.463. The van der Waals surface area contributed by atoms with Crippen LogP contribution in [0.2, 0.25) is 5.15 Å². The quantitative estimate of drug-likeness (QED) is 0.622. The Kier molecular flexibility index (Phi) is 5.87. The number of rotatable bonds is 5. The maximum Gasteiger partial charge on any atom is 0.224 e. The molecule has 2 rings (SSSR count). The normalized spacial score (nSPS) is 19.4. The maximum atomic E-state index is 11.6. The smallest absolute Gasteiger partial charge is 0.224 e. The van der Waals surface area contributed by atoms with Gasteiger partial charge in [-0.25, -0.2) is 4.98 Å². The Balaban J connectivity index is 2.26. The van der Waals surface area contributed by atoms with Gasteiger partial charge in [0.25, 0.3) is 0 Å². The summed E-state index contributed by atoms with van der Waals surface area (Å²) in [4.78, 5) is 20.8. The Morgan fingerprint density at radius 2 is 2.23 bits per heavy atom. The van der Waals surface area contributed by atoms with Crippen LogP contribution in [0.4, 0.5) is 5.69 Å². The molecule has 1 aromatic heterocycles. The molecule has 0 radical (unpaired) electrons. The number of anilines is 1. The highest BCUT2D eigenvalue weighted by atomic mass is 35.5. The van der Waals surface area contributed by atoms with Gasteiger partial charge in [-0.05, 0) is 30.9 Å². The van der Waals surface area contributed by atoms with Crippen molar-refractivity contribution < 1.29 is 4.79 Å². The van der Waals surface area contributed by atoms with E-state index in [9.17, 15) is 4.79 Å². The number of aryl methyl sites for hydroxylation is 1. The molecule has 4 nitrogen and oxygen atoms in total. The number of hydrogen-bond donors (Lipinski definition) is 2. The number of thiol groups is 1. The van der Waals surface area contributed by atoms with Crippen LogP contribution in [0.15, 0.2) is 16.1 Å². The molecule has 1 aromatic rings. The van der Waals surface area contributed by atoms with E-state index in [-0.39, 0.29) is 5.91 Å². The zero-order chi connectivity index (χ0) is 16.3. The highest BCUT2D eigenvalue weighted by Crippen LogP contribution is 2.43. The molecule has 122 valence electrons. The summed E-state index contributed by atoms with van der Waals surface area (Å²) in [6, 6.07) is 2.06. The van der Waals surface area contributed by atoms with Crippen LogP contribution in [0, 0.1) is 12.8 Å². The van der Waals surface area contributed by atoms with Crippen molar-refractivity contribution in [3.63, 3.8) is 0 Å². The van der Waals surface area contributed by atoms with Gasteiger partial charge in [-0.15, -0.1) is 0 Å². The third-order valence-electron chi connectivity index (χ3n) is 3.54. The largest absolute Gasteiger partial charge is 0.323 e. The fourth-order valence-electron chi connectivity index (χ4n) is 2.41. The molecule has 0 aliphatic carbocycles. The van der Waals surface area contributed by atoms with E-state index in [0.29, 0.717) is 23.2 Å². The fraction of sp³-hybridized carbons (Fsp3) is 0.562. The number of carbonyl (C=O) groups is 1. The fourth-order valence-corrected chi connectivity index (χ4v) is 5.24. The van der Waals surface area contributed by atoms with Gasteiger partial charge in [-0.1, -0.05) is 32.4 Å². The van der Waals surface area contributed by atoms with E-state index in [4.69, 9.17) is 11.6 Å². The summed E-state index contributed by atoms with van der Waals surface area (Å²) < 4.78 is 0. The predicted octanol–water partition coefficient (Wildman–Crippen LogP) is 4.21. The Hall–Kier alpha value is -1.07. The minimum Gasteiger partial charge on any atom is -0.323 e. The molecule has 1 aliphatic heterocycles. The van der Waals surface area contributed by atoms with Crippen molar-refractivity contribution in [2.24, 2.45) is 10.9 Å². The first-order chi connectivity index (χ1) is 10.4. The number of amides is 1. The van der Waals surface area contributed by atoms with Crippen molar-refractivity contribution in [1.82, 2.24) is 4.98 Å². The van der Waals surface area contributed by atoms with Gasteiger partial charge in [0, 0.05) is 18.7 Å². The molecule has 0 saturated carbocycles. The molecule has 1 N–H and O–H groups in total. The lowest BCUT2D eigenvalue weighted by molar-refractivity contribution is -0.115. The van der Waals surface area contributed by atoms with E-state index in [1.807, 2.05) is 13.8 Å². The second-order valence-electron chi connectivity index (χ2n) is 5.91. The number of aliphatic imine (C=N–C) groups is 1. The maximum absolute atomic E-state index is 11.6. The molecular weight excluding hydrogens is 318 g/mol. The van der Waals surface area contributed by atoms with E-state index < -0.39 is 10.9 Å². The number of nitrogens with zero attached hydrogens (tertiary/aromatic N) is 2. The first-order valence-electron chi connectivity index (χ1n) is 7.70. The molecule has 1 atom stereocenters. The molecule has 6 heteroatoms. The van der Waals surface area contributed by atoms with Crippen LogP contribution in [-0.2, 0) is 4.79 Å². The van der Waals surface area contributed by atoms with Crippen molar-refractivity contribution in [2.45, 2.75) is 45.6 Å². The Bertz CT molecular complexity index is 578. The van der Waals surface area contributed by atoms with Crippen LogP contribution in [-0.4, -0.2) is 28.2 Å². The second-order valence-corrected chi connectivity index (χ2v) is 8.55. The van der Waals surface area contributed by atoms with Gasteiger partial charge in [-0.2, -0.15) is 10.9 Å². The standard InChI is InChI=1S/C16H24ClN3OS/c1-5-12(21)19-15-11(4)9-14(20-16(15)17)22-7-6-18-13(22)8-10(2)3/h9-10,22H,5-8H2,1-4H3,(H,19,21). The van der Waals surface area contributed by atoms with Gasteiger partial charge in [-0.3, -0.25) is 9.79 Å². The molecular formula is C16H24ClN3OS. The monoisotopic (exact) mass is 341 g/mol. The third-order valence-corrected chi connectivity index (χ3v) is 6.19. The first-order valence-corrected chi connectivity index (χ1v) is 9.60. The van der Waals surface area contributed by atoms with Crippen molar-refractivity contribution in [3.05, 3.63) is 16.8 Å². The van der Waals surface area contributed by atoms with Gasteiger partial charge in [0.2, 0.25) is 5.91 Å². The SMILES string of the molecule is CCC(=O)Nc1c(C)cc([SH]2CCN=C2CC(C)C)nc1Cl. The van der Waals surface area contributed by atoms with Crippen LogP contribution in [0.25, 0.3) is 0 Å². The van der Waals surface area contributed by atoms with E-state index in [1.165, 1.54) is 5.04 Å². The Morgan fingerprint density at radius 3 is 2.82 bits per heavy atom. The highest BCUT2D eigenvalue weighted by molar-refractivity contribution is 8.30. The molecule has 2 heterocycles. The summed E-state index contributed by atoms with van der Waals surface area (Å²) in [7, 11) is -0.463. The second kappa shape index (κ2) is 7.47. The summed E-state index contributed by atoms with van der Waals surface area (Å²) in [6.07, 6.45) is 1.45. The molecule has 0 spiro atoms. The van der Waals surface area contributed by atoms with E-state index in [0.717, 1.165) is 29.3 Å². The zero-order valence-electron chi connectivity index (χ0n) is 13.6. The molecule has 0 aromatic carbocycles. The van der Waals surface area contributed by atoms with Crippen molar-refractivity contribution in [1.29, 1.82) is 0 Å². The number of nitrogens with one attached hydrogen (secondary N) is 1. The van der Waals surface area contributed by atoms with Gasteiger partial charge in [0.15, 0.2) is 5.15 Å². The number of halogens is 1. The summed E-state index contributed by atoms with van der Waals surface area (Å²) in [5.41, 5.74) is 1.60. The van der Waals surface area contributed by atoms with Crippen LogP contribution in [0.1, 0.15) is 39.2 Å².